The van der Waals surface area contributed by atoms with Gasteiger partial charge in [-0.3, -0.25) is 4.79 Å². The Labute approximate surface area is 114 Å². The SMILES string of the molecule is CCC(C)CS(=O)(=O)CC(C(=O)O)c1ccccc1. The number of benzene rings is 1. The molecule has 0 amide bonds. The molecule has 2 atom stereocenters. The number of carboxylic acids is 1. The predicted octanol–water partition coefficient (Wildman–Crippen LogP) is 2.32. The van der Waals surface area contributed by atoms with Crippen LogP contribution in [0.5, 0.6) is 0 Å². The number of aliphatic carboxylic acids is 1. The van der Waals surface area contributed by atoms with Crippen LogP contribution in [0.15, 0.2) is 30.3 Å². The van der Waals surface area contributed by atoms with Gasteiger partial charge in [-0.25, -0.2) is 8.42 Å². The van der Waals surface area contributed by atoms with Gasteiger partial charge in [-0.1, -0.05) is 50.6 Å². The zero-order chi connectivity index (χ0) is 14.5. The first kappa shape index (κ1) is 15.7. The molecule has 0 bridgehead atoms. The van der Waals surface area contributed by atoms with Gasteiger partial charge in [0.15, 0.2) is 9.84 Å². The van der Waals surface area contributed by atoms with E-state index in [0.29, 0.717) is 5.56 Å². The number of hydrogen-bond acceptors (Lipinski definition) is 3. The maximum absolute atomic E-state index is 12.0. The van der Waals surface area contributed by atoms with Crippen LogP contribution < -0.4 is 0 Å². The summed E-state index contributed by atoms with van der Waals surface area (Å²) in [5, 5.41) is 9.22. The second kappa shape index (κ2) is 6.70. The minimum Gasteiger partial charge on any atom is -0.481 e. The van der Waals surface area contributed by atoms with Gasteiger partial charge in [0.25, 0.3) is 0 Å². The van der Waals surface area contributed by atoms with Crippen molar-refractivity contribution in [1.29, 1.82) is 0 Å². The fourth-order valence-electron chi connectivity index (χ4n) is 1.87. The molecule has 1 aromatic rings. The van der Waals surface area contributed by atoms with Crippen LogP contribution in [0.4, 0.5) is 0 Å². The van der Waals surface area contributed by atoms with Crippen molar-refractivity contribution >= 4 is 15.8 Å². The average molecular weight is 284 g/mol. The van der Waals surface area contributed by atoms with Crippen molar-refractivity contribution in [3.05, 3.63) is 35.9 Å². The molecule has 0 aliphatic rings. The number of hydrogen-bond donors (Lipinski definition) is 1. The maximum Gasteiger partial charge on any atom is 0.312 e. The third-order valence-electron chi connectivity index (χ3n) is 3.16. The molecule has 0 aliphatic heterocycles. The van der Waals surface area contributed by atoms with Crippen LogP contribution in [0.2, 0.25) is 0 Å². The van der Waals surface area contributed by atoms with Gasteiger partial charge in [-0.15, -0.1) is 0 Å². The number of sulfone groups is 1. The summed E-state index contributed by atoms with van der Waals surface area (Å²) in [5.74, 6) is -2.33. The minimum absolute atomic E-state index is 0.0418. The molecular weight excluding hydrogens is 264 g/mol. The molecule has 0 radical (unpaired) electrons. The summed E-state index contributed by atoms with van der Waals surface area (Å²) >= 11 is 0. The molecule has 4 nitrogen and oxygen atoms in total. The molecule has 0 aliphatic carbocycles. The highest BCUT2D eigenvalue weighted by atomic mass is 32.2. The predicted molar refractivity (Wildman–Crippen MR) is 74.9 cm³/mol. The smallest absolute Gasteiger partial charge is 0.312 e. The van der Waals surface area contributed by atoms with Crippen molar-refractivity contribution in [3.63, 3.8) is 0 Å². The summed E-state index contributed by atoms with van der Waals surface area (Å²) in [6.07, 6.45) is 0.766. The zero-order valence-corrected chi connectivity index (χ0v) is 12.1. The lowest BCUT2D eigenvalue weighted by Crippen LogP contribution is -2.25. The second-order valence-corrected chi connectivity index (χ2v) is 7.05. The van der Waals surface area contributed by atoms with Crippen LogP contribution in [-0.2, 0) is 14.6 Å². The molecule has 1 rings (SSSR count). The Balaban J connectivity index is 2.89. The van der Waals surface area contributed by atoms with Crippen LogP contribution >= 0.6 is 0 Å². The van der Waals surface area contributed by atoms with Crippen LogP contribution in [-0.4, -0.2) is 31.0 Å². The van der Waals surface area contributed by atoms with Crippen molar-refractivity contribution in [2.45, 2.75) is 26.2 Å². The third-order valence-corrected chi connectivity index (χ3v) is 5.07. The molecule has 0 heterocycles. The van der Waals surface area contributed by atoms with Crippen molar-refractivity contribution < 1.29 is 18.3 Å². The first-order valence-electron chi connectivity index (χ1n) is 6.34. The summed E-state index contributed by atoms with van der Waals surface area (Å²) in [4.78, 5) is 11.3. The lowest BCUT2D eigenvalue weighted by molar-refractivity contribution is -0.138. The molecule has 19 heavy (non-hydrogen) atoms. The highest BCUT2D eigenvalue weighted by Crippen LogP contribution is 2.20. The molecule has 0 saturated carbocycles. The second-order valence-electron chi connectivity index (χ2n) is 4.89. The standard InChI is InChI=1S/C14H20O4S/c1-3-11(2)9-19(17,18)10-13(14(15)16)12-7-5-4-6-8-12/h4-8,11,13H,3,9-10H2,1-2H3,(H,15,16). The van der Waals surface area contributed by atoms with Crippen molar-refractivity contribution in [1.82, 2.24) is 0 Å². The molecule has 1 N–H and O–H groups in total. The van der Waals surface area contributed by atoms with Crippen molar-refractivity contribution in [2.75, 3.05) is 11.5 Å². The lowest BCUT2D eigenvalue weighted by Gasteiger charge is -2.15. The first-order chi connectivity index (χ1) is 8.85. The van der Waals surface area contributed by atoms with Crippen LogP contribution in [0.1, 0.15) is 31.7 Å². The van der Waals surface area contributed by atoms with Gasteiger partial charge in [0, 0.05) is 0 Å². The van der Waals surface area contributed by atoms with E-state index in [-0.39, 0.29) is 17.4 Å². The highest BCUT2D eigenvalue weighted by molar-refractivity contribution is 7.91. The van der Waals surface area contributed by atoms with Crippen molar-refractivity contribution in [3.8, 4) is 0 Å². The minimum atomic E-state index is -3.37. The lowest BCUT2D eigenvalue weighted by atomic mass is 10.0. The quantitative estimate of drug-likeness (QED) is 0.834. The van der Waals surface area contributed by atoms with E-state index in [2.05, 4.69) is 0 Å². The topological polar surface area (TPSA) is 71.4 Å². The molecule has 0 saturated heterocycles. The van der Waals surface area contributed by atoms with Gasteiger partial charge >= 0.3 is 5.97 Å². The molecule has 0 fully saturated rings. The Morgan fingerprint density at radius 2 is 1.79 bits per heavy atom. The number of carbonyl (C=O) groups is 1. The zero-order valence-electron chi connectivity index (χ0n) is 11.2. The Morgan fingerprint density at radius 3 is 2.26 bits per heavy atom. The fourth-order valence-corrected chi connectivity index (χ4v) is 3.95. The summed E-state index contributed by atoms with van der Waals surface area (Å²) < 4.78 is 24.0. The Hall–Kier alpha value is -1.36. The number of rotatable bonds is 7. The van der Waals surface area contributed by atoms with Crippen LogP contribution in [0.25, 0.3) is 0 Å². The fraction of sp³-hybridized carbons (Fsp3) is 0.500. The first-order valence-corrected chi connectivity index (χ1v) is 8.16. The van der Waals surface area contributed by atoms with E-state index in [1.807, 2.05) is 13.8 Å². The molecule has 106 valence electrons. The van der Waals surface area contributed by atoms with E-state index < -0.39 is 21.7 Å². The summed E-state index contributed by atoms with van der Waals surface area (Å²) in [6, 6.07) is 8.50. The van der Waals surface area contributed by atoms with Crippen LogP contribution in [0.3, 0.4) is 0 Å². The molecule has 1 aromatic carbocycles. The van der Waals surface area contributed by atoms with Gasteiger partial charge in [-0.05, 0) is 11.5 Å². The normalized spacial score (nSPS) is 14.8. The van der Waals surface area contributed by atoms with Gasteiger partial charge in [0.2, 0.25) is 0 Å². The molecular formula is C14H20O4S. The monoisotopic (exact) mass is 284 g/mol. The van der Waals surface area contributed by atoms with Gasteiger partial charge in [-0.2, -0.15) is 0 Å². The van der Waals surface area contributed by atoms with E-state index >= 15 is 0 Å². The van der Waals surface area contributed by atoms with E-state index in [0.717, 1.165) is 6.42 Å². The van der Waals surface area contributed by atoms with E-state index in [4.69, 9.17) is 0 Å². The van der Waals surface area contributed by atoms with Gasteiger partial charge < -0.3 is 5.11 Å². The van der Waals surface area contributed by atoms with Crippen LogP contribution in [0, 0.1) is 5.92 Å². The molecule has 0 aromatic heterocycles. The summed E-state index contributed by atoms with van der Waals surface area (Å²) in [7, 11) is -3.37. The maximum atomic E-state index is 12.0. The largest absolute Gasteiger partial charge is 0.481 e. The summed E-state index contributed by atoms with van der Waals surface area (Å²) in [5.41, 5.74) is 0.530. The molecule has 5 heteroatoms. The summed E-state index contributed by atoms with van der Waals surface area (Å²) in [6.45, 7) is 3.78. The van der Waals surface area contributed by atoms with E-state index in [1.54, 1.807) is 30.3 Å². The number of carboxylic acid groups (broad SMARTS) is 1. The van der Waals surface area contributed by atoms with Gasteiger partial charge in [0.1, 0.15) is 0 Å². The molecule has 0 spiro atoms. The van der Waals surface area contributed by atoms with Crippen molar-refractivity contribution in [2.24, 2.45) is 5.92 Å². The van der Waals surface area contributed by atoms with Gasteiger partial charge in [0.05, 0.1) is 17.4 Å². The Kier molecular flexibility index (Phi) is 5.54. The Bertz CT molecular complexity index is 508. The van der Waals surface area contributed by atoms with E-state index in [9.17, 15) is 18.3 Å². The van der Waals surface area contributed by atoms with E-state index in [1.165, 1.54) is 0 Å². The third kappa shape index (κ3) is 5.03. The average Bonchev–Trinajstić information content (AvgIpc) is 2.36. The highest BCUT2D eigenvalue weighted by Gasteiger charge is 2.27. The Morgan fingerprint density at radius 1 is 1.21 bits per heavy atom. The molecule has 2 unspecified atom stereocenters.